The zero-order valence-electron chi connectivity index (χ0n) is 18.3. The molecule has 0 radical (unpaired) electrons. The number of carbonyl (C=O) groups excluding carboxylic acids is 1. The molecule has 7 nitrogen and oxygen atoms in total. The van der Waals surface area contributed by atoms with Gasteiger partial charge < -0.3 is 25.0 Å². The maximum Gasteiger partial charge on any atom is 0.314 e. The maximum absolute atomic E-state index is 13.1. The standard InChI is InChI=1S/C23H29FN4O3/c1-14(27-23(29)26-2)9-16-10-20(30-3)21(31-4)11-19(16)22(25)15-5-7-18(8-6-15)28-12-17(24)13-28/h5-8,10-11,14,17,25H,9,12-13H2,1-4H3,(H2,26,27,29). The molecule has 1 aliphatic heterocycles. The van der Waals surface area contributed by atoms with Crippen LogP contribution in [0.25, 0.3) is 0 Å². The predicted octanol–water partition coefficient (Wildman–Crippen LogP) is 3.14. The summed E-state index contributed by atoms with van der Waals surface area (Å²) >= 11 is 0. The van der Waals surface area contributed by atoms with Crippen LogP contribution in [0.15, 0.2) is 36.4 Å². The highest BCUT2D eigenvalue weighted by atomic mass is 19.1. The van der Waals surface area contributed by atoms with Crippen molar-refractivity contribution in [3.05, 3.63) is 53.1 Å². The van der Waals surface area contributed by atoms with Crippen molar-refractivity contribution in [3.8, 4) is 11.5 Å². The minimum Gasteiger partial charge on any atom is -0.493 e. The predicted molar refractivity (Wildman–Crippen MR) is 120 cm³/mol. The molecule has 2 aromatic rings. The Morgan fingerprint density at radius 1 is 1.19 bits per heavy atom. The fraction of sp³-hybridized carbons (Fsp3) is 0.391. The van der Waals surface area contributed by atoms with Gasteiger partial charge in [-0.1, -0.05) is 12.1 Å². The van der Waals surface area contributed by atoms with E-state index in [1.807, 2.05) is 42.2 Å². The van der Waals surface area contributed by atoms with Crippen molar-refractivity contribution in [2.24, 2.45) is 0 Å². The number of methoxy groups -OCH3 is 2. The molecule has 0 bridgehead atoms. The Kier molecular flexibility index (Phi) is 6.99. The number of urea groups is 1. The molecule has 31 heavy (non-hydrogen) atoms. The first-order valence-corrected chi connectivity index (χ1v) is 10.2. The minimum atomic E-state index is -0.766. The van der Waals surface area contributed by atoms with Gasteiger partial charge in [-0.15, -0.1) is 0 Å². The largest absolute Gasteiger partial charge is 0.493 e. The number of carbonyl (C=O) groups is 1. The highest BCUT2D eigenvalue weighted by Crippen LogP contribution is 2.33. The van der Waals surface area contributed by atoms with E-state index in [4.69, 9.17) is 14.9 Å². The lowest BCUT2D eigenvalue weighted by Crippen LogP contribution is -2.48. The van der Waals surface area contributed by atoms with Gasteiger partial charge in [-0.05, 0) is 43.2 Å². The average molecular weight is 429 g/mol. The zero-order valence-corrected chi connectivity index (χ0v) is 18.3. The van der Waals surface area contributed by atoms with Crippen LogP contribution in [0, 0.1) is 5.41 Å². The molecule has 0 aliphatic carbocycles. The van der Waals surface area contributed by atoms with Gasteiger partial charge in [-0.25, -0.2) is 9.18 Å². The van der Waals surface area contributed by atoms with E-state index < -0.39 is 6.17 Å². The van der Waals surface area contributed by atoms with Gasteiger partial charge in [-0.2, -0.15) is 0 Å². The number of alkyl halides is 1. The van der Waals surface area contributed by atoms with E-state index in [1.165, 1.54) is 0 Å². The molecule has 0 aromatic heterocycles. The van der Waals surface area contributed by atoms with E-state index in [-0.39, 0.29) is 12.1 Å². The van der Waals surface area contributed by atoms with Crippen molar-refractivity contribution in [2.45, 2.75) is 25.6 Å². The van der Waals surface area contributed by atoms with Crippen LogP contribution in [0.4, 0.5) is 14.9 Å². The molecule has 3 rings (SSSR count). The number of hydrogen-bond donors (Lipinski definition) is 3. The summed E-state index contributed by atoms with van der Waals surface area (Å²) in [5.74, 6) is 1.10. The second-order valence-corrected chi connectivity index (χ2v) is 7.62. The summed E-state index contributed by atoms with van der Waals surface area (Å²) in [6, 6.07) is 10.8. The lowest BCUT2D eigenvalue weighted by molar-refractivity contribution is 0.239. The van der Waals surface area contributed by atoms with Crippen molar-refractivity contribution in [1.29, 1.82) is 5.41 Å². The van der Waals surface area contributed by atoms with Crippen LogP contribution in [-0.2, 0) is 6.42 Å². The first kappa shape index (κ1) is 22.4. The highest BCUT2D eigenvalue weighted by Gasteiger charge is 2.26. The number of amides is 2. The molecule has 1 unspecified atom stereocenters. The van der Waals surface area contributed by atoms with Crippen molar-refractivity contribution < 1.29 is 18.7 Å². The summed E-state index contributed by atoms with van der Waals surface area (Å²) in [7, 11) is 4.69. The maximum atomic E-state index is 13.1. The van der Waals surface area contributed by atoms with Crippen LogP contribution >= 0.6 is 0 Å². The SMILES string of the molecule is CNC(=O)NC(C)Cc1cc(OC)c(OC)cc1C(=N)c1ccc(N2CC(F)C2)cc1. The number of nitrogens with one attached hydrogen (secondary N) is 3. The first-order chi connectivity index (χ1) is 14.9. The Morgan fingerprint density at radius 2 is 1.81 bits per heavy atom. The fourth-order valence-corrected chi connectivity index (χ4v) is 3.63. The number of benzene rings is 2. The number of hydrogen-bond acceptors (Lipinski definition) is 5. The Labute approximate surface area is 182 Å². The van der Waals surface area contributed by atoms with Gasteiger partial charge >= 0.3 is 6.03 Å². The molecule has 0 saturated carbocycles. The van der Waals surface area contributed by atoms with Crippen LogP contribution in [0.5, 0.6) is 11.5 Å². The Balaban J connectivity index is 1.89. The second-order valence-electron chi connectivity index (χ2n) is 7.62. The van der Waals surface area contributed by atoms with Crippen LogP contribution in [-0.4, -0.2) is 58.3 Å². The molecule has 2 amide bonds. The first-order valence-electron chi connectivity index (χ1n) is 10.2. The monoisotopic (exact) mass is 428 g/mol. The minimum absolute atomic E-state index is 0.160. The smallest absolute Gasteiger partial charge is 0.314 e. The molecule has 1 fully saturated rings. The molecule has 1 heterocycles. The van der Waals surface area contributed by atoms with Gasteiger partial charge in [0.1, 0.15) is 6.17 Å². The lowest BCUT2D eigenvalue weighted by atomic mass is 9.93. The fourth-order valence-electron chi connectivity index (χ4n) is 3.63. The van der Waals surface area contributed by atoms with Gasteiger partial charge in [0.05, 0.1) is 33.0 Å². The molecule has 8 heteroatoms. The molecular weight excluding hydrogens is 399 g/mol. The van der Waals surface area contributed by atoms with Gasteiger partial charge in [0, 0.05) is 29.9 Å². The second kappa shape index (κ2) is 9.68. The molecule has 1 atom stereocenters. The van der Waals surface area contributed by atoms with E-state index in [0.29, 0.717) is 42.3 Å². The van der Waals surface area contributed by atoms with Crippen molar-refractivity contribution in [3.63, 3.8) is 0 Å². The molecule has 0 spiro atoms. The van der Waals surface area contributed by atoms with Crippen molar-refractivity contribution >= 4 is 17.4 Å². The summed E-state index contributed by atoms with van der Waals surface area (Å²) in [6.07, 6.45) is -0.257. The third-order valence-electron chi connectivity index (χ3n) is 5.37. The molecule has 2 aromatic carbocycles. The van der Waals surface area contributed by atoms with E-state index in [0.717, 1.165) is 16.8 Å². The summed E-state index contributed by atoms with van der Waals surface area (Å²) in [4.78, 5) is 13.6. The van der Waals surface area contributed by atoms with Gasteiger partial charge in [-0.3, -0.25) is 5.41 Å². The van der Waals surface area contributed by atoms with Gasteiger partial charge in [0.2, 0.25) is 0 Å². The number of nitrogens with zero attached hydrogens (tertiary/aromatic N) is 1. The molecular formula is C23H29FN4O3. The Hall–Kier alpha value is -3.29. The normalized spacial score (nSPS) is 14.4. The quantitative estimate of drug-likeness (QED) is 0.564. The van der Waals surface area contributed by atoms with Gasteiger partial charge in [0.25, 0.3) is 0 Å². The van der Waals surface area contributed by atoms with Crippen molar-refractivity contribution in [1.82, 2.24) is 10.6 Å². The number of halogens is 1. The average Bonchev–Trinajstić information content (AvgIpc) is 2.76. The third kappa shape index (κ3) is 5.07. The third-order valence-corrected chi connectivity index (χ3v) is 5.37. The van der Waals surface area contributed by atoms with Gasteiger partial charge in [0.15, 0.2) is 11.5 Å². The topological polar surface area (TPSA) is 86.7 Å². The molecule has 1 saturated heterocycles. The highest BCUT2D eigenvalue weighted by molar-refractivity contribution is 6.12. The number of anilines is 1. The van der Waals surface area contributed by atoms with Crippen molar-refractivity contribution in [2.75, 3.05) is 39.3 Å². The molecule has 166 valence electrons. The summed E-state index contributed by atoms with van der Waals surface area (Å²) in [5.41, 5.74) is 3.58. The Bertz CT molecular complexity index is 943. The van der Waals surface area contributed by atoms with Crippen LogP contribution in [0.1, 0.15) is 23.6 Å². The van der Waals surface area contributed by atoms with Crippen LogP contribution in [0.2, 0.25) is 0 Å². The Morgan fingerprint density at radius 3 is 2.35 bits per heavy atom. The lowest BCUT2D eigenvalue weighted by Gasteiger charge is -2.36. The summed E-state index contributed by atoms with van der Waals surface area (Å²) in [6.45, 7) is 2.72. The molecule has 3 N–H and O–H groups in total. The van der Waals surface area contributed by atoms with E-state index in [2.05, 4.69) is 10.6 Å². The van der Waals surface area contributed by atoms with E-state index >= 15 is 0 Å². The number of rotatable bonds is 8. The van der Waals surface area contributed by atoms with Crippen LogP contribution in [0.3, 0.4) is 0 Å². The zero-order chi connectivity index (χ0) is 22.5. The molecule has 1 aliphatic rings. The number of ether oxygens (including phenoxy) is 2. The van der Waals surface area contributed by atoms with E-state index in [1.54, 1.807) is 27.3 Å². The van der Waals surface area contributed by atoms with E-state index in [9.17, 15) is 9.18 Å². The summed E-state index contributed by atoms with van der Waals surface area (Å²) in [5, 5.41) is 14.2. The summed E-state index contributed by atoms with van der Waals surface area (Å²) < 4.78 is 24.0. The van der Waals surface area contributed by atoms with Crippen LogP contribution < -0.4 is 25.0 Å².